The van der Waals surface area contributed by atoms with E-state index < -0.39 is 0 Å². The van der Waals surface area contributed by atoms with Crippen LogP contribution < -0.4 is 0 Å². The molecule has 0 unspecified atom stereocenters. The Morgan fingerprint density at radius 2 is 2.23 bits per heavy atom. The number of rotatable bonds is 3. The number of fused-ring (bicyclic) bond motifs is 1. The zero-order valence-corrected chi connectivity index (χ0v) is 16.5. The molecule has 8 heteroatoms. The van der Waals surface area contributed by atoms with Gasteiger partial charge in [0.15, 0.2) is 0 Å². The predicted octanol–water partition coefficient (Wildman–Crippen LogP) is 3.89. The second-order valence-electron chi connectivity index (χ2n) is 6.18. The molecule has 1 aliphatic rings. The van der Waals surface area contributed by atoms with Gasteiger partial charge in [-0.2, -0.15) is 14.6 Å². The molecule has 2 aromatic heterocycles. The molecule has 0 spiro atoms. The highest BCUT2D eigenvalue weighted by molar-refractivity contribution is 9.10. The van der Waals surface area contributed by atoms with Crippen LogP contribution >= 0.6 is 27.5 Å². The summed E-state index contributed by atoms with van der Waals surface area (Å²) in [6.07, 6.45) is 1.37. The van der Waals surface area contributed by atoms with Gasteiger partial charge in [-0.15, -0.1) is 0 Å². The summed E-state index contributed by atoms with van der Waals surface area (Å²) in [6, 6.07) is 7.86. The molecule has 4 rings (SSSR count). The number of hydrogen-bond acceptors (Lipinski definition) is 5. The Labute approximate surface area is 164 Å². The standard InChI is InChI=1S/C18H17BrClN5O/c1-11-7-16(25-18(23-11)21-10-22-25)17-9-24(5-6-26-17)12(2)13-3-4-14(19)15(20)8-13/h3-4,7-8,10,17H,2,5-6,9H2,1H3/t17-/m1/s1. The van der Waals surface area contributed by atoms with Crippen LogP contribution in [0.5, 0.6) is 0 Å². The fourth-order valence-corrected chi connectivity index (χ4v) is 3.55. The lowest BCUT2D eigenvalue weighted by molar-refractivity contribution is -0.0136. The average Bonchev–Trinajstić information content (AvgIpc) is 3.11. The van der Waals surface area contributed by atoms with Crippen LogP contribution in [0, 0.1) is 6.92 Å². The molecule has 3 heterocycles. The highest BCUT2D eigenvalue weighted by Gasteiger charge is 2.26. The summed E-state index contributed by atoms with van der Waals surface area (Å²) in [5.74, 6) is 0.583. The zero-order valence-electron chi connectivity index (χ0n) is 14.2. The maximum Gasteiger partial charge on any atom is 0.252 e. The topological polar surface area (TPSA) is 55.5 Å². The second-order valence-corrected chi connectivity index (χ2v) is 7.44. The zero-order chi connectivity index (χ0) is 18.3. The lowest BCUT2D eigenvalue weighted by Gasteiger charge is -2.36. The second kappa shape index (κ2) is 6.98. The maximum atomic E-state index is 6.23. The van der Waals surface area contributed by atoms with Gasteiger partial charge in [0, 0.05) is 29.0 Å². The molecule has 0 aliphatic carbocycles. The summed E-state index contributed by atoms with van der Waals surface area (Å²) in [7, 11) is 0. The maximum absolute atomic E-state index is 6.23. The van der Waals surface area contributed by atoms with E-state index in [0.717, 1.165) is 33.7 Å². The van der Waals surface area contributed by atoms with Crippen molar-refractivity contribution in [3.63, 3.8) is 0 Å². The molecular formula is C18H17BrClN5O. The largest absolute Gasteiger partial charge is 0.368 e. The summed E-state index contributed by atoms with van der Waals surface area (Å²) >= 11 is 9.66. The molecule has 1 saturated heterocycles. The Morgan fingerprint density at radius 1 is 1.38 bits per heavy atom. The van der Waals surface area contributed by atoms with Crippen LogP contribution in [0.3, 0.4) is 0 Å². The smallest absolute Gasteiger partial charge is 0.252 e. The van der Waals surface area contributed by atoms with Gasteiger partial charge in [-0.05, 0) is 46.6 Å². The molecule has 0 radical (unpaired) electrons. The van der Waals surface area contributed by atoms with Crippen molar-refractivity contribution in [2.75, 3.05) is 19.7 Å². The number of ether oxygens (including phenoxy) is 1. The minimum absolute atomic E-state index is 0.141. The third-order valence-electron chi connectivity index (χ3n) is 4.44. The van der Waals surface area contributed by atoms with Gasteiger partial charge in [-0.1, -0.05) is 24.2 Å². The molecular weight excluding hydrogens is 418 g/mol. The van der Waals surface area contributed by atoms with E-state index >= 15 is 0 Å². The van der Waals surface area contributed by atoms with Crippen LogP contribution in [-0.2, 0) is 4.74 Å². The van der Waals surface area contributed by atoms with Crippen molar-refractivity contribution in [3.8, 4) is 0 Å². The molecule has 6 nitrogen and oxygen atoms in total. The van der Waals surface area contributed by atoms with E-state index in [2.05, 4.69) is 42.5 Å². The molecule has 0 amide bonds. The molecule has 3 aromatic rings. The Kier molecular flexibility index (Phi) is 4.69. The molecule has 0 saturated carbocycles. The van der Waals surface area contributed by atoms with Gasteiger partial charge in [0.25, 0.3) is 5.78 Å². The third-order valence-corrected chi connectivity index (χ3v) is 5.67. The first-order valence-corrected chi connectivity index (χ1v) is 9.38. The summed E-state index contributed by atoms with van der Waals surface area (Å²) in [5.41, 5.74) is 3.75. The highest BCUT2D eigenvalue weighted by Crippen LogP contribution is 2.30. The van der Waals surface area contributed by atoms with E-state index in [-0.39, 0.29) is 6.10 Å². The molecule has 1 fully saturated rings. The van der Waals surface area contributed by atoms with Crippen LogP contribution in [0.15, 0.2) is 41.6 Å². The lowest BCUT2D eigenvalue weighted by Crippen LogP contribution is -2.37. The van der Waals surface area contributed by atoms with Crippen molar-refractivity contribution in [2.24, 2.45) is 0 Å². The minimum atomic E-state index is -0.141. The van der Waals surface area contributed by atoms with Crippen LogP contribution in [0.4, 0.5) is 0 Å². The first-order valence-electron chi connectivity index (χ1n) is 8.21. The fourth-order valence-electron chi connectivity index (χ4n) is 3.12. The van der Waals surface area contributed by atoms with Gasteiger partial charge < -0.3 is 9.64 Å². The van der Waals surface area contributed by atoms with Crippen molar-refractivity contribution in [2.45, 2.75) is 13.0 Å². The van der Waals surface area contributed by atoms with Gasteiger partial charge >= 0.3 is 0 Å². The molecule has 1 aromatic carbocycles. The summed E-state index contributed by atoms with van der Waals surface area (Å²) in [5, 5.41) is 4.95. The fraction of sp³-hybridized carbons (Fsp3) is 0.278. The Hall–Kier alpha value is -1.96. The summed E-state index contributed by atoms with van der Waals surface area (Å²) in [6.45, 7) is 8.26. The SMILES string of the molecule is C=C(c1ccc(Br)c(Cl)c1)N1CCO[C@@H](c2cc(C)nc3ncnn23)C1. The van der Waals surface area contributed by atoms with Crippen LogP contribution in [0.2, 0.25) is 5.02 Å². The van der Waals surface area contributed by atoms with E-state index in [1.54, 1.807) is 4.52 Å². The number of halogens is 2. The Bertz CT molecular complexity index is 989. The van der Waals surface area contributed by atoms with Gasteiger partial charge in [0.05, 0.1) is 17.3 Å². The minimum Gasteiger partial charge on any atom is -0.368 e. The van der Waals surface area contributed by atoms with Gasteiger partial charge in [-0.3, -0.25) is 0 Å². The third kappa shape index (κ3) is 3.22. The van der Waals surface area contributed by atoms with E-state index in [1.165, 1.54) is 6.33 Å². The predicted molar refractivity (Wildman–Crippen MR) is 104 cm³/mol. The molecule has 134 valence electrons. The normalized spacial score (nSPS) is 17.7. The summed E-state index contributed by atoms with van der Waals surface area (Å²) < 4.78 is 8.63. The first-order chi connectivity index (χ1) is 12.5. The number of aromatic nitrogens is 4. The Balaban J connectivity index is 1.62. The number of hydrogen-bond donors (Lipinski definition) is 0. The number of benzene rings is 1. The van der Waals surface area contributed by atoms with Gasteiger partial charge in [0.2, 0.25) is 0 Å². The van der Waals surface area contributed by atoms with Crippen LogP contribution in [-0.4, -0.2) is 44.2 Å². The van der Waals surface area contributed by atoms with E-state index in [0.29, 0.717) is 24.0 Å². The van der Waals surface area contributed by atoms with E-state index in [1.807, 2.05) is 31.2 Å². The highest BCUT2D eigenvalue weighted by atomic mass is 79.9. The van der Waals surface area contributed by atoms with Gasteiger partial charge in [0.1, 0.15) is 12.4 Å². The molecule has 26 heavy (non-hydrogen) atoms. The first kappa shape index (κ1) is 17.5. The van der Waals surface area contributed by atoms with Crippen molar-refractivity contribution >= 4 is 39.0 Å². The lowest BCUT2D eigenvalue weighted by atomic mass is 10.1. The van der Waals surface area contributed by atoms with Crippen molar-refractivity contribution < 1.29 is 4.74 Å². The molecule has 1 atom stereocenters. The van der Waals surface area contributed by atoms with Crippen LogP contribution in [0.1, 0.15) is 23.1 Å². The molecule has 0 bridgehead atoms. The van der Waals surface area contributed by atoms with E-state index in [4.69, 9.17) is 16.3 Å². The summed E-state index contributed by atoms with van der Waals surface area (Å²) in [4.78, 5) is 10.8. The number of aryl methyl sites for hydroxylation is 1. The number of morpholine rings is 1. The van der Waals surface area contributed by atoms with Gasteiger partial charge in [-0.25, -0.2) is 4.98 Å². The van der Waals surface area contributed by atoms with E-state index in [9.17, 15) is 0 Å². The Morgan fingerprint density at radius 3 is 3.04 bits per heavy atom. The van der Waals surface area contributed by atoms with Crippen molar-refractivity contribution in [1.82, 2.24) is 24.5 Å². The van der Waals surface area contributed by atoms with Crippen LogP contribution in [0.25, 0.3) is 11.5 Å². The average molecular weight is 435 g/mol. The van der Waals surface area contributed by atoms with Crippen molar-refractivity contribution in [1.29, 1.82) is 0 Å². The monoisotopic (exact) mass is 433 g/mol. The molecule has 0 N–H and O–H groups in total. The van der Waals surface area contributed by atoms with Crippen molar-refractivity contribution in [3.05, 3.63) is 63.6 Å². The molecule has 1 aliphatic heterocycles. The quantitative estimate of drug-likeness (QED) is 0.626. The number of nitrogens with zero attached hydrogens (tertiary/aromatic N) is 5.